The molecule has 2 aliphatic rings. The fourth-order valence-electron chi connectivity index (χ4n) is 5.49. The maximum Gasteiger partial charge on any atom is 0.271 e. The first-order chi connectivity index (χ1) is 18.0. The Bertz CT molecular complexity index is 1540. The number of piperazine rings is 1. The third-order valence-electron chi connectivity index (χ3n) is 7.58. The van der Waals surface area contributed by atoms with Crippen molar-refractivity contribution in [2.24, 2.45) is 0 Å². The van der Waals surface area contributed by atoms with E-state index < -0.39 is 5.95 Å². The van der Waals surface area contributed by atoms with Crippen molar-refractivity contribution in [2.75, 3.05) is 26.2 Å². The van der Waals surface area contributed by atoms with Crippen LogP contribution in [0.25, 0.3) is 20.7 Å². The normalized spacial score (nSPS) is 18.2. The van der Waals surface area contributed by atoms with Crippen molar-refractivity contribution in [1.82, 2.24) is 24.3 Å². The second-order valence-electron chi connectivity index (χ2n) is 9.91. The first-order valence-electron chi connectivity index (χ1n) is 12.7. The number of fused-ring (bicyclic) bond motifs is 2. The third kappa shape index (κ3) is 4.69. The Morgan fingerprint density at radius 2 is 1.95 bits per heavy atom. The maximum absolute atomic E-state index is 14.2. The molecule has 4 aromatic rings. The number of aryl methyl sites for hydroxylation is 1. The predicted octanol–water partition coefficient (Wildman–Crippen LogP) is 4.05. The maximum atomic E-state index is 14.2. The molecule has 1 amide bonds. The van der Waals surface area contributed by atoms with Gasteiger partial charge in [-0.2, -0.15) is 4.39 Å². The molecule has 1 aliphatic carbocycles. The zero-order chi connectivity index (χ0) is 25.5. The summed E-state index contributed by atoms with van der Waals surface area (Å²) in [4.78, 5) is 38.2. The lowest BCUT2D eigenvalue weighted by Crippen LogP contribution is -2.47. The van der Waals surface area contributed by atoms with Gasteiger partial charge in [-0.3, -0.25) is 19.1 Å². The number of carbonyl (C=O) groups is 1. The molecule has 1 fully saturated rings. The van der Waals surface area contributed by atoms with Crippen LogP contribution in [0.3, 0.4) is 0 Å². The number of pyridine rings is 1. The van der Waals surface area contributed by atoms with E-state index >= 15 is 0 Å². The number of hydrogen-bond donors (Lipinski definition) is 0. The molecule has 37 heavy (non-hydrogen) atoms. The Balaban J connectivity index is 1.19. The fraction of sp³-hybridized carbons (Fsp3) is 0.357. The molecular weight excluding hydrogens is 489 g/mol. The van der Waals surface area contributed by atoms with Gasteiger partial charge in [0.25, 0.3) is 5.56 Å². The topological polar surface area (TPSA) is 71.3 Å². The van der Waals surface area contributed by atoms with Gasteiger partial charge in [-0.15, -0.1) is 11.3 Å². The molecule has 1 aliphatic heterocycles. The number of aromatic nitrogens is 3. The lowest BCUT2D eigenvalue weighted by molar-refractivity contribution is -0.130. The minimum absolute atomic E-state index is 0.0445. The quantitative estimate of drug-likeness (QED) is 0.382. The lowest BCUT2D eigenvalue weighted by atomic mass is 9.87. The van der Waals surface area contributed by atoms with E-state index in [-0.39, 0.29) is 17.5 Å². The zero-order valence-corrected chi connectivity index (χ0v) is 21.5. The molecule has 4 heterocycles. The molecule has 1 aromatic carbocycles. The van der Waals surface area contributed by atoms with Gasteiger partial charge in [0.05, 0.1) is 11.8 Å². The van der Waals surface area contributed by atoms with Crippen LogP contribution < -0.4 is 5.56 Å². The van der Waals surface area contributed by atoms with E-state index in [1.54, 1.807) is 36.0 Å². The molecule has 0 N–H and O–H groups in total. The average Bonchev–Trinajstić information content (AvgIpc) is 3.34. The molecule has 1 saturated heterocycles. The lowest BCUT2D eigenvalue weighted by Gasteiger charge is -2.34. The largest absolute Gasteiger partial charge is 0.340 e. The van der Waals surface area contributed by atoms with Gasteiger partial charge in [0.1, 0.15) is 4.70 Å². The molecule has 3 aromatic heterocycles. The van der Waals surface area contributed by atoms with Crippen molar-refractivity contribution < 1.29 is 9.18 Å². The van der Waals surface area contributed by atoms with Crippen molar-refractivity contribution >= 4 is 27.5 Å². The van der Waals surface area contributed by atoms with Gasteiger partial charge in [-0.05, 0) is 54.2 Å². The highest BCUT2D eigenvalue weighted by atomic mass is 32.1. The summed E-state index contributed by atoms with van der Waals surface area (Å²) in [6.07, 6.45) is 5.63. The van der Waals surface area contributed by atoms with Crippen molar-refractivity contribution in [2.45, 2.75) is 38.8 Å². The molecule has 9 heteroatoms. The first-order valence-corrected chi connectivity index (χ1v) is 13.5. The van der Waals surface area contributed by atoms with E-state index in [2.05, 4.69) is 33.1 Å². The number of amides is 1. The Morgan fingerprint density at radius 3 is 2.73 bits per heavy atom. The van der Waals surface area contributed by atoms with E-state index in [4.69, 9.17) is 0 Å². The number of nitrogens with zero attached hydrogens (tertiary/aromatic N) is 5. The highest BCUT2D eigenvalue weighted by molar-refractivity contribution is 7.22. The van der Waals surface area contributed by atoms with Gasteiger partial charge in [0.2, 0.25) is 11.9 Å². The highest BCUT2D eigenvalue weighted by Crippen LogP contribution is 2.33. The van der Waals surface area contributed by atoms with Crippen LogP contribution in [0.2, 0.25) is 0 Å². The van der Waals surface area contributed by atoms with Crippen LogP contribution in [0.1, 0.15) is 36.1 Å². The fourth-order valence-corrected chi connectivity index (χ4v) is 6.55. The summed E-state index contributed by atoms with van der Waals surface area (Å²) in [5, 5.41) is 0. The summed E-state index contributed by atoms with van der Waals surface area (Å²) in [6, 6.07) is 11.9. The number of carbonyl (C=O) groups excluding carboxylic acids is 1. The molecule has 0 saturated carbocycles. The smallest absolute Gasteiger partial charge is 0.271 e. The second-order valence-corrected chi connectivity index (χ2v) is 11.0. The number of benzene rings is 1. The summed E-state index contributed by atoms with van der Waals surface area (Å²) in [5.41, 5.74) is 4.83. The molecule has 1 atom stereocenters. The second kappa shape index (κ2) is 9.79. The summed E-state index contributed by atoms with van der Waals surface area (Å²) >= 11 is 1.27. The summed E-state index contributed by atoms with van der Waals surface area (Å²) in [6.45, 7) is 5.90. The SMILES string of the molecule is CC(=O)N1CCN(Cc2ccc3c(c2)CCC(n2cnc4cc(-c5cccnc5F)sc4c2=O)C3)CC1. The number of halogens is 1. The van der Waals surface area contributed by atoms with E-state index in [1.165, 1.54) is 34.2 Å². The van der Waals surface area contributed by atoms with Crippen LogP contribution in [-0.4, -0.2) is 56.4 Å². The van der Waals surface area contributed by atoms with Crippen LogP contribution >= 0.6 is 11.3 Å². The van der Waals surface area contributed by atoms with Gasteiger partial charge >= 0.3 is 0 Å². The van der Waals surface area contributed by atoms with Gasteiger partial charge < -0.3 is 4.90 Å². The summed E-state index contributed by atoms with van der Waals surface area (Å²) in [7, 11) is 0. The van der Waals surface area contributed by atoms with E-state index in [9.17, 15) is 14.0 Å². The van der Waals surface area contributed by atoms with Crippen molar-refractivity contribution in [3.8, 4) is 10.4 Å². The van der Waals surface area contributed by atoms with Gasteiger partial charge in [0, 0.05) is 62.3 Å². The Labute approximate surface area is 218 Å². The van der Waals surface area contributed by atoms with Crippen LogP contribution in [0, 0.1) is 5.95 Å². The predicted molar refractivity (Wildman–Crippen MR) is 142 cm³/mol. The number of thiophene rings is 1. The van der Waals surface area contributed by atoms with Crippen LogP contribution in [0.15, 0.2) is 53.7 Å². The molecular formula is C28H28FN5O2S. The van der Waals surface area contributed by atoms with Crippen LogP contribution in [0.5, 0.6) is 0 Å². The van der Waals surface area contributed by atoms with Crippen LogP contribution in [-0.2, 0) is 24.2 Å². The van der Waals surface area contributed by atoms with Crippen LogP contribution in [0.4, 0.5) is 4.39 Å². The van der Waals surface area contributed by atoms with E-state index in [0.29, 0.717) is 20.7 Å². The number of rotatable bonds is 4. The Kier molecular flexibility index (Phi) is 6.34. The minimum Gasteiger partial charge on any atom is -0.340 e. The monoisotopic (exact) mass is 517 g/mol. The Hall–Kier alpha value is -3.43. The van der Waals surface area contributed by atoms with Gasteiger partial charge in [0.15, 0.2) is 0 Å². The molecule has 0 bridgehead atoms. The molecule has 190 valence electrons. The summed E-state index contributed by atoms with van der Waals surface area (Å²) < 4.78 is 16.5. The zero-order valence-electron chi connectivity index (χ0n) is 20.7. The van der Waals surface area contributed by atoms with Gasteiger partial charge in [-0.25, -0.2) is 9.97 Å². The highest BCUT2D eigenvalue weighted by Gasteiger charge is 2.24. The molecule has 6 rings (SSSR count). The number of hydrogen-bond acceptors (Lipinski definition) is 6. The van der Waals surface area contributed by atoms with Crippen molar-refractivity contribution in [1.29, 1.82) is 0 Å². The average molecular weight is 518 g/mol. The minimum atomic E-state index is -0.545. The first kappa shape index (κ1) is 23.9. The Morgan fingerprint density at radius 1 is 1.11 bits per heavy atom. The van der Waals surface area contributed by atoms with E-state index in [0.717, 1.165) is 52.0 Å². The van der Waals surface area contributed by atoms with Gasteiger partial charge in [-0.1, -0.05) is 18.2 Å². The standard InChI is InChI=1S/C28H28FN5O2S/c1-18(35)33-11-9-32(10-12-33)16-19-4-5-21-14-22(7-6-20(21)13-19)34-17-31-24-15-25(37-26(24)28(34)36)23-3-2-8-30-27(23)29/h2-5,8,13,15,17,22H,6-7,9-12,14,16H2,1H3. The third-order valence-corrected chi connectivity index (χ3v) is 8.72. The molecule has 0 spiro atoms. The summed E-state index contributed by atoms with van der Waals surface area (Å²) in [5.74, 6) is -0.394. The van der Waals surface area contributed by atoms with Crippen molar-refractivity contribution in [3.05, 3.63) is 81.9 Å². The van der Waals surface area contributed by atoms with Crippen molar-refractivity contribution in [3.63, 3.8) is 0 Å². The molecule has 0 radical (unpaired) electrons. The molecule has 1 unspecified atom stereocenters. The van der Waals surface area contributed by atoms with E-state index in [1.807, 2.05) is 4.90 Å². The molecule has 7 nitrogen and oxygen atoms in total.